The number of anilines is 2. The zero-order chi connectivity index (χ0) is 16.7. The first-order chi connectivity index (χ1) is 11.1. The summed E-state index contributed by atoms with van der Waals surface area (Å²) in [4.78, 5) is 29.0. The molecule has 1 unspecified atom stereocenters. The first kappa shape index (κ1) is 15.1. The maximum absolute atomic E-state index is 12.2. The van der Waals surface area contributed by atoms with Crippen LogP contribution in [0.5, 0.6) is 0 Å². The van der Waals surface area contributed by atoms with Crippen LogP contribution < -0.4 is 10.2 Å². The van der Waals surface area contributed by atoms with Crippen LogP contribution in [-0.4, -0.2) is 40.0 Å². The van der Waals surface area contributed by atoms with Gasteiger partial charge in [0.25, 0.3) is 5.91 Å². The molecule has 0 saturated heterocycles. The van der Waals surface area contributed by atoms with Crippen molar-refractivity contribution in [1.82, 2.24) is 4.57 Å². The van der Waals surface area contributed by atoms with Gasteiger partial charge in [0, 0.05) is 12.4 Å². The number of benzene rings is 1. The van der Waals surface area contributed by atoms with Gasteiger partial charge in [-0.05, 0) is 6.07 Å². The van der Waals surface area contributed by atoms with Crippen molar-refractivity contribution in [3.8, 4) is 0 Å². The Morgan fingerprint density at radius 2 is 2.04 bits per heavy atom. The van der Waals surface area contributed by atoms with E-state index in [9.17, 15) is 9.59 Å². The second-order valence-corrected chi connectivity index (χ2v) is 5.15. The number of amides is 1. The number of carbonyl (C=O) groups is 2. The number of hydrogen-bond acceptors (Lipinski definition) is 4. The van der Waals surface area contributed by atoms with Crippen LogP contribution in [-0.2, 0) is 16.6 Å². The summed E-state index contributed by atoms with van der Waals surface area (Å²) in [5.74, 6) is -0.438. The van der Waals surface area contributed by atoms with E-state index >= 15 is 0 Å². The van der Waals surface area contributed by atoms with Crippen LogP contribution in [0.25, 0.3) is 10.9 Å². The van der Waals surface area contributed by atoms with Crippen molar-refractivity contribution in [3.63, 3.8) is 0 Å². The highest BCUT2D eigenvalue weighted by Gasteiger charge is 2.41. The molecule has 7 nitrogen and oxygen atoms in total. The Hall–Kier alpha value is -2.83. The minimum atomic E-state index is -1.02. The molecular weight excluding hydrogens is 296 g/mol. The van der Waals surface area contributed by atoms with E-state index in [2.05, 4.69) is 10.3 Å². The van der Waals surface area contributed by atoms with E-state index in [1.165, 1.54) is 0 Å². The Morgan fingerprint density at radius 3 is 2.74 bits per heavy atom. The molecule has 1 amide bonds. The molecule has 0 bridgehead atoms. The lowest BCUT2D eigenvalue weighted by molar-refractivity contribution is -0.138. The monoisotopic (exact) mass is 314 g/mol. The second-order valence-electron chi connectivity index (χ2n) is 5.15. The molecule has 2 aromatic rings. The number of carboxylic acid groups (broad SMARTS) is 1. The van der Waals surface area contributed by atoms with Crippen LogP contribution in [0, 0.1) is 0 Å². The third-order valence-electron chi connectivity index (χ3n) is 3.95. The van der Waals surface area contributed by atoms with Gasteiger partial charge in [0.15, 0.2) is 11.9 Å². The van der Waals surface area contributed by atoms with Gasteiger partial charge in [0.1, 0.15) is 5.82 Å². The normalized spacial score (nSPS) is 18.6. The highest BCUT2D eigenvalue weighted by atomic mass is 16.4. The number of fused-ring (bicyclic) bond motifs is 5. The lowest BCUT2D eigenvalue weighted by Gasteiger charge is -2.26. The predicted octanol–water partition coefficient (Wildman–Crippen LogP) is 1.83. The summed E-state index contributed by atoms with van der Waals surface area (Å²) in [7, 11) is 1.89. The smallest absolute Gasteiger partial charge is 0.330 e. The van der Waals surface area contributed by atoms with Crippen LogP contribution >= 0.6 is 0 Å². The van der Waals surface area contributed by atoms with Crippen LogP contribution in [0.3, 0.4) is 0 Å². The SMILES string of the molecule is CC.Cn1c2c(c3ccccc31)NC(=O)C1=NC(C(=O)O)CN12. The molecule has 1 atom stereocenters. The Bertz CT molecular complexity index is 837. The number of amidine groups is 1. The first-order valence-electron chi connectivity index (χ1n) is 7.55. The number of nitrogens with one attached hydrogen (secondary N) is 1. The van der Waals surface area contributed by atoms with Crippen molar-refractivity contribution in [2.75, 3.05) is 16.8 Å². The average molecular weight is 314 g/mol. The van der Waals surface area contributed by atoms with Gasteiger partial charge in [-0.1, -0.05) is 32.0 Å². The predicted molar refractivity (Wildman–Crippen MR) is 89.1 cm³/mol. The van der Waals surface area contributed by atoms with Crippen molar-refractivity contribution in [2.45, 2.75) is 19.9 Å². The quantitative estimate of drug-likeness (QED) is 0.840. The summed E-state index contributed by atoms with van der Waals surface area (Å²) in [6.07, 6.45) is 0. The summed E-state index contributed by atoms with van der Waals surface area (Å²) in [5, 5.41) is 12.9. The summed E-state index contributed by atoms with van der Waals surface area (Å²) in [5.41, 5.74) is 1.69. The summed E-state index contributed by atoms with van der Waals surface area (Å²) < 4.78 is 1.95. The van der Waals surface area contributed by atoms with E-state index in [1.54, 1.807) is 4.90 Å². The van der Waals surface area contributed by atoms with E-state index in [1.807, 2.05) is 49.7 Å². The van der Waals surface area contributed by atoms with Gasteiger partial charge >= 0.3 is 5.97 Å². The van der Waals surface area contributed by atoms with Crippen molar-refractivity contribution in [1.29, 1.82) is 0 Å². The lowest BCUT2D eigenvalue weighted by Crippen LogP contribution is -2.43. The molecule has 0 radical (unpaired) electrons. The third kappa shape index (κ3) is 2.08. The minimum Gasteiger partial charge on any atom is -0.480 e. The van der Waals surface area contributed by atoms with Crippen LogP contribution in [0.2, 0.25) is 0 Å². The fourth-order valence-corrected chi connectivity index (χ4v) is 3.01. The minimum absolute atomic E-state index is 0.167. The second kappa shape index (κ2) is 5.42. The van der Waals surface area contributed by atoms with Crippen molar-refractivity contribution in [2.24, 2.45) is 12.0 Å². The standard InChI is InChI=1S/C14H12N4O3.C2H6/c1-17-9-5-3-2-4-7(9)10-13(17)18-6-8(14(20)21)15-11(18)12(19)16-10;1-2/h2-5,8H,6H2,1H3,(H,16,19)(H,20,21);1-2H3. The number of carboxylic acids is 1. The average Bonchev–Trinajstić information content (AvgIpc) is 3.12. The fourth-order valence-electron chi connectivity index (χ4n) is 3.01. The maximum atomic E-state index is 12.2. The molecule has 0 saturated carbocycles. The molecule has 0 aliphatic carbocycles. The molecule has 7 heteroatoms. The Kier molecular flexibility index (Phi) is 3.55. The number of aromatic nitrogens is 1. The highest BCUT2D eigenvalue weighted by molar-refractivity contribution is 6.50. The number of nitrogens with zero attached hydrogens (tertiary/aromatic N) is 3. The molecule has 2 aliphatic rings. The van der Waals surface area contributed by atoms with Gasteiger partial charge in [0.2, 0.25) is 0 Å². The highest BCUT2D eigenvalue weighted by Crippen LogP contribution is 2.40. The zero-order valence-electron chi connectivity index (χ0n) is 13.2. The van der Waals surface area contributed by atoms with Gasteiger partial charge in [-0.25, -0.2) is 9.79 Å². The van der Waals surface area contributed by atoms with Crippen molar-refractivity contribution < 1.29 is 14.7 Å². The summed E-state index contributed by atoms with van der Waals surface area (Å²) >= 11 is 0. The number of carbonyl (C=O) groups excluding carboxylic acids is 1. The Balaban J connectivity index is 0.000000753. The molecule has 0 fully saturated rings. The molecule has 120 valence electrons. The molecule has 2 N–H and O–H groups in total. The first-order valence-corrected chi connectivity index (χ1v) is 7.55. The van der Waals surface area contributed by atoms with E-state index < -0.39 is 12.0 Å². The van der Waals surface area contributed by atoms with Crippen molar-refractivity contribution in [3.05, 3.63) is 24.3 Å². The van der Waals surface area contributed by atoms with Crippen LogP contribution in [0.4, 0.5) is 11.5 Å². The number of aliphatic imine (C=N–C) groups is 1. The number of rotatable bonds is 1. The molecule has 23 heavy (non-hydrogen) atoms. The molecule has 1 aromatic carbocycles. The van der Waals surface area contributed by atoms with Gasteiger partial charge in [0.05, 0.1) is 17.7 Å². The number of aryl methyl sites for hydroxylation is 1. The number of para-hydroxylation sites is 1. The van der Waals surface area contributed by atoms with E-state index in [-0.39, 0.29) is 18.3 Å². The summed E-state index contributed by atoms with van der Waals surface area (Å²) in [6.45, 7) is 4.18. The molecule has 0 spiro atoms. The fraction of sp³-hybridized carbons (Fsp3) is 0.312. The van der Waals surface area contributed by atoms with Gasteiger partial charge in [-0.2, -0.15) is 0 Å². The van der Waals surface area contributed by atoms with E-state index in [4.69, 9.17) is 5.11 Å². The molecule has 4 rings (SSSR count). The van der Waals surface area contributed by atoms with Crippen LogP contribution in [0.1, 0.15) is 13.8 Å². The van der Waals surface area contributed by atoms with Gasteiger partial charge in [-0.3, -0.25) is 4.79 Å². The largest absolute Gasteiger partial charge is 0.480 e. The van der Waals surface area contributed by atoms with Gasteiger partial charge < -0.3 is 19.9 Å². The van der Waals surface area contributed by atoms with Crippen LogP contribution in [0.15, 0.2) is 29.3 Å². The number of aliphatic carboxylic acids is 1. The zero-order valence-corrected chi connectivity index (χ0v) is 13.2. The number of hydrogen-bond donors (Lipinski definition) is 2. The molecular formula is C16H18N4O3. The van der Waals surface area contributed by atoms with E-state index in [0.717, 1.165) is 16.7 Å². The van der Waals surface area contributed by atoms with Crippen molar-refractivity contribution >= 4 is 40.1 Å². The molecule has 1 aromatic heterocycles. The summed E-state index contributed by atoms with van der Waals surface area (Å²) in [6, 6.07) is 6.81. The molecule has 3 heterocycles. The van der Waals surface area contributed by atoms with Gasteiger partial charge in [-0.15, -0.1) is 0 Å². The third-order valence-corrected chi connectivity index (χ3v) is 3.95. The molecule has 2 aliphatic heterocycles. The Labute approximate surface area is 133 Å². The Morgan fingerprint density at radius 1 is 1.35 bits per heavy atom. The maximum Gasteiger partial charge on any atom is 0.330 e. The van der Waals surface area contributed by atoms with E-state index in [0.29, 0.717) is 5.69 Å². The topological polar surface area (TPSA) is 86.9 Å². The lowest BCUT2D eigenvalue weighted by atomic mass is 10.2.